The molecule has 0 saturated carbocycles. The first-order valence-electron chi connectivity index (χ1n) is 11.0. The molecule has 0 fully saturated rings. The van der Waals surface area contributed by atoms with E-state index in [1.807, 2.05) is 60.7 Å². The Labute approximate surface area is 198 Å². The van der Waals surface area contributed by atoms with Gasteiger partial charge in [0.15, 0.2) is 0 Å². The van der Waals surface area contributed by atoms with E-state index >= 15 is 0 Å². The number of para-hydroxylation sites is 1. The predicted octanol–water partition coefficient (Wildman–Crippen LogP) is 6.26. The molecule has 0 spiro atoms. The normalized spacial score (nSPS) is 10.9. The number of non-ortho nitro benzene ring substituents is 1. The van der Waals surface area contributed by atoms with E-state index in [1.165, 1.54) is 12.1 Å². The van der Waals surface area contributed by atoms with Gasteiger partial charge in [-0.25, -0.2) is 0 Å². The second-order valence-corrected chi connectivity index (χ2v) is 7.59. The first-order valence-corrected chi connectivity index (χ1v) is 11.0. The second-order valence-electron chi connectivity index (χ2n) is 7.59. The lowest BCUT2D eigenvalue weighted by atomic mass is 10.1. The van der Waals surface area contributed by atoms with Gasteiger partial charge in [0.2, 0.25) is 0 Å². The molecule has 0 saturated heterocycles. The van der Waals surface area contributed by atoms with E-state index in [1.54, 1.807) is 19.2 Å². The van der Waals surface area contributed by atoms with Gasteiger partial charge in [0.05, 0.1) is 24.7 Å². The number of nitro benzene ring substituents is 1. The fourth-order valence-electron chi connectivity index (χ4n) is 3.65. The lowest BCUT2D eigenvalue weighted by Crippen LogP contribution is -2.10. The van der Waals surface area contributed by atoms with Crippen molar-refractivity contribution in [3.05, 3.63) is 101 Å². The van der Waals surface area contributed by atoms with Crippen LogP contribution >= 0.6 is 0 Å². The van der Waals surface area contributed by atoms with Gasteiger partial charge in [0, 0.05) is 36.3 Å². The van der Waals surface area contributed by atoms with Crippen LogP contribution in [0.2, 0.25) is 0 Å². The molecule has 7 heteroatoms. The maximum absolute atomic E-state index is 11.1. The van der Waals surface area contributed by atoms with Gasteiger partial charge in [0.25, 0.3) is 5.69 Å². The summed E-state index contributed by atoms with van der Waals surface area (Å²) in [4.78, 5) is 12.8. The largest absolute Gasteiger partial charge is 0.491 e. The van der Waals surface area contributed by atoms with E-state index in [-0.39, 0.29) is 5.69 Å². The van der Waals surface area contributed by atoms with Crippen LogP contribution in [0.25, 0.3) is 10.8 Å². The van der Waals surface area contributed by atoms with Crippen LogP contribution in [-0.4, -0.2) is 38.5 Å². The van der Waals surface area contributed by atoms with Gasteiger partial charge in [-0.05, 0) is 59.3 Å². The third-order valence-corrected chi connectivity index (χ3v) is 5.31. The zero-order valence-electron chi connectivity index (χ0n) is 18.9. The van der Waals surface area contributed by atoms with Crippen LogP contribution in [0.5, 0.6) is 5.75 Å². The van der Waals surface area contributed by atoms with E-state index in [9.17, 15) is 10.1 Å². The van der Waals surface area contributed by atoms with Gasteiger partial charge in [-0.15, -0.1) is 0 Å². The number of rotatable bonds is 11. The topological polar surface area (TPSA) is 74.1 Å². The number of hydrogen-bond acceptors (Lipinski definition) is 6. The predicted molar refractivity (Wildman–Crippen MR) is 133 cm³/mol. The summed E-state index contributed by atoms with van der Waals surface area (Å²) >= 11 is 0. The molecule has 0 heterocycles. The number of hydrogen-bond donors (Lipinski definition) is 0. The Morgan fingerprint density at radius 1 is 0.735 bits per heavy atom. The van der Waals surface area contributed by atoms with Gasteiger partial charge in [-0.3, -0.25) is 10.1 Å². The van der Waals surface area contributed by atoms with E-state index < -0.39 is 4.92 Å². The Morgan fingerprint density at radius 3 is 2.12 bits per heavy atom. The standard InChI is InChI=1S/C27H26N2O5/c1-32-15-16-33-17-18-34-27-14-8-21-19-26(9-7-22(21)20-27)28(23-5-3-2-4-6-23)24-10-12-25(13-11-24)29(30)31/h2-14,19-20H,15-18H2,1H3. The first kappa shape index (κ1) is 23.2. The Bertz CT molecular complexity index is 1230. The molecular weight excluding hydrogens is 432 g/mol. The minimum Gasteiger partial charge on any atom is -0.491 e. The number of ether oxygens (including phenoxy) is 3. The minimum absolute atomic E-state index is 0.0619. The summed E-state index contributed by atoms with van der Waals surface area (Å²) < 4.78 is 16.2. The van der Waals surface area contributed by atoms with Crippen molar-refractivity contribution in [2.24, 2.45) is 0 Å². The number of anilines is 3. The molecule has 0 aromatic heterocycles. The summed E-state index contributed by atoms with van der Waals surface area (Å²) in [7, 11) is 1.64. The zero-order chi connectivity index (χ0) is 23.8. The third kappa shape index (κ3) is 5.70. The number of fused-ring (bicyclic) bond motifs is 1. The van der Waals surface area contributed by atoms with Gasteiger partial charge >= 0.3 is 0 Å². The average molecular weight is 459 g/mol. The quantitative estimate of drug-likeness (QED) is 0.150. The van der Waals surface area contributed by atoms with Crippen molar-refractivity contribution < 1.29 is 19.1 Å². The van der Waals surface area contributed by atoms with Crippen molar-refractivity contribution >= 4 is 33.5 Å². The van der Waals surface area contributed by atoms with Gasteiger partial charge in [-0.2, -0.15) is 0 Å². The summed E-state index contributed by atoms with van der Waals surface area (Å²) in [5.74, 6) is 0.783. The smallest absolute Gasteiger partial charge is 0.269 e. The van der Waals surface area contributed by atoms with E-state index in [0.717, 1.165) is 33.6 Å². The summed E-state index contributed by atoms with van der Waals surface area (Å²) in [6, 6.07) is 28.7. The Morgan fingerprint density at radius 2 is 1.38 bits per heavy atom. The highest BCUT2D eigenvalue weighted by Crippen LogP contribution is 2.37. The Kier molecular flexibility index (Phi) is 7.70. The molecule has 4 aromatic carbocycles. The van der Waals surface area contributed by atoms with Crippen LogP contribution < -0.4 is 9.64 Å². The second kappa shape index (κ2) is 11.3. The van der Waals surface area contributed by atoms with Gasteiger partial charge in [-0.1, -0.05) is 30.3 Å². The molecule has 4 aromatic rings. The van der Waals surface area contributed by atoms with E-state index in [4.69, 9.17) is 14.2 Å². The minimum atomic E-state index is -0.391. The van der Waals surface area contributed by atoms with Crippen LogP contribution in [-0.2, 0) is 9.47 Å². The molecule has 0 radical (unpaired) electrons. The van der Waals surface area contributed by atoms with Crippen LogP contribution in [0, 0.1) is 10.1 Å². The summed E-state index contributed by atoms with van der Waals surface area (Å²) in [5, 5.41) is 13.2. The van der Waals surface area contributed by atoms with Crippen LogP contribution in [0.1, 0.15) is 0 Å². The lowest BCUT2D eigenvalue weighted by Gasteiger charge is -2.25. The average Bonchev–Trinajstić information content (AvgIpc) is 2.87. The Hall–Kier alpha value is -3.94. The van der Waals surface area contributed by atoms with E-state index in [2.05, 4.69) is 11.0 Å². The number of nitrogens with zero attached hydrogens (tertiary/aromatic N) is 2. The highest BCUT2D eigenvalue weighted by molar-refractivity contribution is 5.90. The fourth-order valence-corrected chi connectivity index (χ4v) is 3.65. The molecule has 7 nitrogen and oxygen atoms in total. The molecule has 0 unspecified atom stereocenters. The van der Waals surface area contributed by atoms with Crippen molar-refractivity contribution in [3.8, 4) is 5.75 Å². The fraction of sp³-hybridized carbons (Fsp3) is 0.185. The number of benzene rings is 4. The van der Waals surface area contributed by atoms with Crippen molar-refractivity contribution in [1.29, 1.82) is 0 Å². The molecule has 4 rings (SSSR count). The van der Waals surface area contributed by atoms with Gasteiger partial charge < -0.3 is 19.1 Å². The molecule has 0 aliphatic rings. The molecule has 0 atom stereocenters. The molecular formula is C27H26N2O5. The van der Waals surface area contributed by atoms with Crippen LogP contribution in [0.4, 0.5) is 22.7 Å². The zero-order valence-corrected chi connectivity index (χ0v) is 18.9. The van der Waals surface area contributed by atoms with Crippen molar-refractivity contribution in [2.45, 2.75) is 0 Å². The van der Waals surface area contributed by atoms with Crippen molar-refractivity contribution in [1.82, 2.24) is 0 Å². The Balaban J connectivity index is 1.58. The lowest BCUT2D eigenvalue weighted by molar-refractivity contribution is -0.384. The molecule has 174 valence electrons. The van der Waals surface area contributed by atoms with E-state index in [0.29, 0.717) is 26.4 Å². The highest BCUT2D eigenvalue weighted by Gasteiger charge is 2.14. The molecule has 0 aliphatic heterocycles. The number of methoxy groups -OCH3 is 1. The molecule has 0 aliphatic carbocycles. The maximum Gasteiger partial charge on any atom is 0.269 e. The van der Waals surface area contributed by atoms with Crippen LogP contribution in [0.15, 0.2) is 91.0 Å². The van der Waals surface area contributed by atoms with Crippen molar-refractivity contribution in [3.63, 3.8) is 0 Å². The molecule has 0 N–H and O–H groups in total. The molecule has 0 bridgehead atoms. The maximum atomic E-state index is 11.1. The van der Waals surface area contributed by atoms with Crippen molar-refractivity contribution in [2.75, 3.05) is 38.4 Å². The molecule has 0 amide bonds. The SMILES string of the molecule is COCCOCCOc1ccc2cc(N(c3ccccc3)c3ccc([N+](=O)[O-])cc3)ccc2c1. The summed E-state index contributed by atoms with van der Waals surface area (Å²) in [6.45, 7) is 2.09. The molecule has 34 heavy (non-hydrogen) atoms. The van der Waals surface area contributed by atoms with Crippen LogP contribution in [0.3, 0.4) is 0 Å². The summed E-state index contributed by atoms with van der Waals surface area (Å²) in [5.41, 5.74) is 2.81. The first-order chi connectivity index (χ1) is 16.7. The number of nitro groups is 1. The third-order valence-electron chi connectivity index (χ3n) is 5.31. The monoisotopic (exact) mass is 458 g/mol. The summed E-state index contributed by atoms with van der Waals surface area (Å²) in [6.07, 6.45) is 0. The highest BCUT2D eigenvalue weighted by atomic mass is 16.6. The van der Waals surface area contributed by atoms with Gasteiger partial charge in [0.1, 0.15) is 12.4 Å².